The van der Waals surface area contributed by atoms with E-state index in [9.17, 15) is 4.57 Å². The zero-order chi connectivity index (χ0) is 9.10. The van der Waals surface area contributed by atoms with Gasteiger partial charge in [-0.3, -0.25) is 0 Å². The molecule has 0 N–H and O–H groups in total. The van der Waals surface area contributed by atoms with Crippen LogP contribution in [0.25, 0.3) is 0 Å². The minimum Gasteiger partial charge on any atom is -0.119 e. The van der Waals surface area contributed by atoms with Crippen LogP contribution in [0.4, 0.5) is 0 Å². The summed E-state index contributed by atoms with van der Waals surface area (Å²) in [7, 11) is -1.90. The highest BCUT2D eigenvalue weighted by atomic mass is 31.1. The Morgan fingerprint density at radius 1 is 1.31 bits per heavy atom. The molecule has 1 aliphatic heterocycles. The Hall–Kier alpha value is -0.760. The van der Waals surface area contributed by atoms with E-state index < -0.39 is 8.25 Å². The second kappa shape index (κ2) is 3.97. The standard InChI is InChI=1S/C9H10O3P/c10-13-11-7-6-9(12-13)8-4-2-1-3-5-8/h1-5,9H,6-7H2/q+1/t9-/m1/s1. The number of benzene rings is 1. The lowest BCUT2D eigenvalue weighted by atomic mass is 10.1. The highest BCUT2D eigenvalue weighted by Gasteiger charge is 2.33. The Morgan fingerprint density at radius 2 is 2.08 bits per heavy atom. The molecule has 2 rings (SSSR count). The predicted octanol–water partition coefficient (Wildman–Crippen LogP) is 2.82. The molecule has 4 heteroatoms. The summed E-state index contributed by atoms with van der Waals surface area (Å²) < 4.78 is 20.9. The first-order chi connectivity index (χ1) is 6.36. The van der Waals surface area contributed by atoms with Gasteiger partial charge in [0, 0.05) is 11.0 Å². The van der Waals surface area contributed by atoms with Gasteiger partial charge in [-0.25, -0.2) is 0 Å². The molecule has 1 aromatic carbocycles. The molecule has 0 radical (unpaired) electrons. The molecule has 0 amide bonds. The number of hydrogen-bond acceptors (Lipinski definition) is 3. The Bertz CT molecular complexity index is 299. The van der Waals surface area contributed by atoms with Gasteiger partial charge in [-0.2, -0.15) is 0 Å². The summed E-state index contributed by atoms with van der Waals surface area (Å²) >= 11 is 0. The quantitative estimate of drug-likeness (QED) is 0.649. The highest BCUT2D eigenvalue weighted by molar-refractivity contribution is 7.33. The summed E-state index contributed by atoms with van der Waals surface area (Å²) in [5, 5.41) is 0. The molecule has 3 nitrogen and oxygen atoms in total. The highest BCUT2D eigenvalue weighted by Crippen LogP contribution is 2.39. The minimum absolute atomic E-state index is 0.0708. The molecular formula is C9H10O3P+. The van der Waals surface area contributed by atoms with Gasteiger partial charge in [0.1, 0.15) is 12.7 Å². The van der Waals surface area contributed by atoms with Crippen LogP contribution in [-0.4, -0.2) is 6.61 Å². The second-order valence-corrected chi connectivity index (χ2v) is 3.77. The first kappa shape index (κ1) is 8.82. The van der Waals surface area contributed by atoms with Crippen LogP contribution >= 0.6 is 8.25 Å². The van der Waals surface area contributed by atoms with Gasteiger partial charge in [0.05, 0.1) is 0 Å². The summed E-state index contributed by atoms with van der Waals surface area (Å²) in [6.45, 7) is 0.509. The van der Waals surface area contributed by atoms with Crippen LogP contribution in [0.1, 0.15) is 18.1 Å². The van der Waals surface area contributed by atoms with Crippen molar-refractivity contribution in [2.45, 2.75) is 12.5 Å². The van der Waals surface area contributed by atoms with Crippen LogP contribution in [-0.2, 0) is 13.6 Å². The molecule has 1 aliphatic rings. The Kier molecular flexibility index (Phi) is 2.69. The molecule has 13 heavy (non-hydrogen) atoms. The molecule has 1 saturated heterocycles. The molecule has 0 spiro atoms. The van der Waals surface area contributed by atoms with E-state index in [1.54, 1.807) is 0 Å². The van der Waals surface area contributed by atoms with Crippen LogP contribution < -0.4 is 0 Å². The summed E-state index contributed by atoms with van der Waals surface area (Å²) in [6, 6.07) is 9.78. The predicted molar refractivity (Wildman–Crippen MR) is 48.4 cm³/mol. The van der Waals surface area contributed by atoms with Crippen molar-refractivity contribution in [2.75, 3.05) is 6.61 Å². The summed E-state index contributed by atoms with van der Waals surface area (Å²) in [6.07, 6.45) is 0.698. The van der Waals surface area contributed by atoms with Gasteiger partial charge in [-0.1, -0.05) is 30.3 Å². The fourth-order valence-electron chi connectivity index (χ4n) is 1.32. The van der Waals surface area contributed by atoms with Crippen molar-refractivity contribution in [3.05, 3.63) is 35.9 Å². The van der Waals surface area contributed by atoms with Crippen LogP contribution in [0.2, 0.25) is 0 Å². The van der Waals surface area contributed by atoms with E-state index in [4.69, 9.17) is 9.05 Å². The minimum atomic E-state index is -1.90. The zero-order valence-corrected chi connectivity index (χ0v) is 7.94. The molecule has 2 atom stereocenters. The number of rotatable bonds is 1. The van der Waals surface area contributed by atoms with Crippen molar-refractivity contribution < 1.29 is 13.6 Å². The van der Waals surface area contributed by atoms with Crippen molar-refractivity contribution in [1.29, 1.82) is 0 Å². The van der Waals surface area contributed by atoms with E-state index in [1.165, 1.54) is 0 Å². The largest absolute Gasteiger partial charge is 0.698 e. The molecule has 0 aliphatic carbocycles. The van der Waals surface area contributed by atoms with E-state index >= 15 is 0 Å². The monoisotopic (exact) mass is 197 g/mol. The van der Waals surface area contributed by atoms with Crippen molar-refractivity contribution in [3.8, 4) is 0 Å². The van der Waals surface area contributed by atoms with Crippen molar-refractivity contribution in [2.24, 2.45) is 0 Å². The van der Waals surface area contributed by atoms with E-state index in [1.807, 2.05) is 30.3 Å². The first-order valence-electron chi connectivity index (χ1n) is 4.18. The second-order valence-electron chi connectivity index (χ2n) is 2.85. The number of hydrogen-bond donors (Lipinski definition) is 0. The third kappa shape index (κ3) is 2.13. The molecule has 0 aromatic heterocycles. The molecular weight excluding hydrogens is 187 g/mol. The van der Waals surface area contributed by atoms with Gasteiger partial charge in [0.25, 0.3) is 0 Å². The Balaban J connectivity index is 2.13. The molecule has 68 valence electrons. The van der Waals surface area contributed by atoms with Crippen LogP contribution in [0.5, 0.6) is 0 Å². The molecule has 1 heterocycles. The molecule has 1 fully saturated rings. The van der Waals surface area contributed by atoms with Gasteiger partial charge in [0.15, 0.2) is 0 Å². The van der Waals surface area contributed by atoms with Gasteiger partial charge < -0.3 is 0 Å². The zero-order valence-electron chi connectivity index (χ0n) is 7.05. The Morgan fingerprint density at radius 3 is 2.77 bits per heavy atom. The maximum Gasteiger partial charge on any atom is 0.698 e. The van der Waals surface area contributed by atoms with Crippen molar-refractivity contribution in [1.82, 2.24) is 0 Å². The summed E-state index contributed by atoms with van der Waals surface area (Å²) in [5.41, 5.74) is 1.06. The fourth-order valence-corrected chi connectivity index (χ4v) is 2.07. The molecule has 0 saturated carbocycles. The average Bonchev–Trinajstić information content (AvgIpc) is 2.19. The van der Waals surface area contributed by atoms with E-state index in [2.05, 4.69) is 0 Å². The lowest BCUT2D eigenvalue weighted by molar-refractivity contribution is 0.0968. The van der Waals surface area contributed by atoms with Gasteiger partial charge in [0.2, 0.25) is 0 Å². The van der Waals surface area contributed by atoms with E-state index in [0.29, 0.717) is 6.61 Å². The lowest BCUT2D eigenvalue weighted by Gasteiger charge is -2.12. The third-order valence-electron chi connectivity index (χ3n) is 1.96. The maximum atomic E-state index is 11.0. The van der Waals surface area contributed by atoms with E-state index in [-0.39, 0.29) is 6.10 Å². The smallest absolute Gasteiger partial charge is 0.119 e. The van der Waals surface area contributed by atoms with Crippen molar-refractivity contribution in [3.63, 3.8) is 0 Å². The van der Waals surface area contributed by atoms with Crippen LogP contribution in [0.15, 0.2) is 30.3 Å². The van der Waals surface area contributed by atoms with E-state index in [0.717, 1.165) is 12.0 Å². The third-order valence-corrected chi connectivity index (χ3v) is 2.78. The Labute approximate surface area is 77.6 Å². The first-order valence-corrected chi connectivity index (χ1v) is 5.28. The topological polar surface area (TPSA) is 35.5 Å². The fraction of sp³-hybridized carbons (Fsp3) is 0.333. The molecule has 1 aromatic rings. The van der Waals surface area contributed by atoms with Gasteiger partial charge in [-0.05, 0) is 5.56 Å². The molecule has 0 bridgehead atoms. The maximum absolute atomic E-state index is 11.0. The van der Waals surface area contributed by atoms with Crippen molar-refractivity contribution >= 4 is 8.25 Å². The van der Waals surface area contributed by atoms with Crippen LogP contribution in [0, 0.1) is 0 Å². The van der Waals surface area contributed by atoms with Crippen LogP contribution in [0.3, 0.4) is 0 Å². The summed E-state index contributed by atoms with van der Waals surface area (Å²) in [5.74, 6) is 0. The van der Waals surface area contributed by atoms with Gasteiger partial charge in [-0.15, -0.1) is 9.05 Å². The SMILES string of the molecule is O=[P+]1OCC[C@H](c2ccccc2)O1. The van der Waals surface area contributed by atoms with Gasteiger partial charge >= 0.3 is 8.25 Å². The average molecular weight is 197 g/mol. The normalized spacial score (nSPS) is 25.8. The molecule has 1 unspecified atom stereocenters. The lowest BCUT2D eigenvalue weighted by Crippen LogP contribution is -2.08. The summed E-state index contributed by atoms with van der Waals surface area (Å²) in [4.78, 5) is 0.